The fourth-order valence-electron chi connectivity index (χ4n) is 1.23. The van der Waals surface area contributed by atoms with Crippen molar-refractivity contribution >= 4 is 13.8 Å². The van der Waals surface area contributed by atoms with E-state index in [4.69, 9.17) is 14.5 Å². The fourth-order valence-corrected chi connectivity index (χ4v) is 1.62. The summed E-state index contributed by atoms with van der Waals surface area (Å²) in [5.74, 6) is -0.362. The lowest BCUT2D eigenvalue weighted by molar-refractivity contribution is -0.141. The van der Waals surface area contributed by atoms with Gasteiger partial charge in [0.1, 0.15) is 12.4 Å². The van der Waals surface area contributed by atoms with Crippen LogP contribution in [0, 0.1) is 0 Å². The van der Waals surface area contributed by atoms with E-state index < -0.39 is 13.8 Å². The van der Waals surface area contributed by atoms with Gasteiger partial charge in [0.05, 0.1) is 6.42 Å². The van der Waals surface area contributed by atoms with Crippen LogP contribution in [0.4, 0.5) is 0 Å². The Kier molecular flexibility index (Phi) is 5.30. The summed E-state index contributed by atoms with van der Waals surface area (Å²) in [6.07, 6.45) is 0.0729. The Morgan fingerprint density at radius 3 is 2.37 bits per heavy atom. The molecule has 6 nitrogen and oxygen atoms in total. The quantitative estimate of drug-likeness (QED) is 0.470. The monoisotopic (exact) mass is 286 g/mol. The van der Waals surface area contributed by atoms with Crippen LogP contribution >= 0.6 is 7.82 Å². The standard InChI is InChI=1S/C12H15O6P/c1-9(2)8-17-12(13)7-10-3-5-11(6-4-10)18-19(14,15)16/h3-6H,1,7-8H2,2H3,(H2,14,15,16). The van der Waals surface area contributed by atoms with E-state index in [9.17, 15) is 9.36 Å². The molecule has 0 saturated carbocycles. The fraction of sp³-hybridized carbons (Fsp3) is 0.250. The molecule has 0 aliphatic heterocycles. The molecule has 1 aromatic rings. The van der Waals surface area contributed by atoms with Gasteiger partial charge in [-0.3, -0.25) is 14.6 Å². The van der Waals surface area contributed by atoms with E-state index in [0.717, 1.165) is 5.57 Å². The van der Waals surface area contributed by atoms with Crippen molar-refractivity contribution in [3.05, 3.63) is 42.0 Å². The molecule has 0 radical (unpaired) electrons. The zero-order valence-corrected chi connectivity index (χ0v) is 11.3. The molecule has 0 aromatic heterocycles. The van der Waals surface area contributed by atoms with Crippen molar-refractivity contribution in [1.82, 2.24) is 0 Å². The highest BCUT2D eigenvalue weighted by atomic mass is 31.2. The lowest BCUT2D eigenvalue weighted by atomic mass is 10.1. The number of phosphoric ester groups is 1. The molecule has 104 valence electrons. The minimum absolute atomic E-state index is 0.0346. The van der Waals surface area contributed by atoms with Crippen LogP contribution in [-0.2, 0) is 20.5 Å². The first kappa shape index (κ1) is 15.4. The molecule has 0 spiro atoms. The van der Waals surface area contributed by atoms with Gasteiger partial charge in [0, 0.05) is 0 Å². The Bertz CT molecular complexity index is 501. The van der Waals surface area contributed by atoms with Gasteiger partial charge in [0.15, 0.2) is 0 Å². The first-order chi connectivity index (χ1) is 8.76. The third-order valence-electron chi connectivity index (χ3n) is 1.98. The number of hydrogen-bond donors (Lipinski definition) is 2. The van der Waals surface area contributed by atoms with Gasteiger partial charge in [-0.25, -0.2) is 4.57 Å². The summed E-state index contributed by atoms with van der Waals surface area (Å²) < 4.78 is 19.9. The molecule has 0 aliphatic carbocycles. The van der Waals surface area contributed by atoms with Crippen molar-refractivity contribution in [3.8, 4) is 5.75 Å². The molecule has 0 aliphatic rings. The SMILES string of the molecule is C=C(C)COC(=O)Cc1ccc(OP(=O)(O)O)cc1. The van der Waals surface area contributed by atoms with Crippen molar-refractivity contribution in [2.75, 3.05) is 6.61 Å². The van der Waals surface area contributed by atoms with Gasteiger partial charge in [0.25, 0.3) is 0 Å². The highest BCUT2D eigenvalue weighted by molar-refractivity contribution is 7.46. The summed E-state index contributed by atoms with van der Waals surface area (Å²) in [5.41, 5.74) is 1.41. The first-order valence-electron chi connectivity index (χ1n) is 5.40. The molecule has 0 unspecified atom stereocenters. The number of hydrogen-bond acceptors (Lipinski definition) is 4. The van der Waals surface area contributed by atoms with Crippen LogP contribution in [0.5, 0.6) is 5.75 Å². The van der Waals surface area contributed by atoms with Crippen molar-refractivity contribution in [3.63, 3.8) is 0 Å². The number of carbonyl (C=O) groups excluding carboxylic acids is 1. The second-order valence-corrected chi connectivity index (χ2v) is 5.18. The minimum atomic E-state index is -4.55. The number of phosphoric acid groups is 1. The van der Waals surface area contributed by atoms with E-state index in [2.05, 4.69) is 11.1 Å². The molecule has 19 heavy (non-hydrogen) atoms. The highest BCUT2D eigenvalue weighted by Gasteiger charge is 2.15. The predicted molar refractivity (Wildman–Crippen MR) is 68.6 cm³/mol. The number of esters is 1. The van der Waals surface area contributed by atoms with Crippen LogP contribution in [0.3, 0.4) is 0 Å². The minimum Gasteiger partial charge on any atom is -0.461 e. The van der Waals surface area contributed by atoms with Crippen LogP contribution in [0.1, 0.15) is 12.5 Å². The topological polar surface area (TPSA) is 93.1 Å². The van der Waals surface area contributed by atoms with Crippen LogP contribution in [-0.4, -0.2) is 22.4 Å². The van der Waals surface area contributed by atoms with Gasteiger partial charge < -0.3 is 9.26 Å². The zero-order valence-electron chi connectivity index (χ0n) is 10.4. The molecule has 2 N–H and O–H groups in total. The van der Waals surface area contributed by atoms with Crippen LogP contribution in [0.25, 0.3) is 0 Å². The maximum absolute atomic E-state index is 11.4. The van der Waals surface area contributed by atoms with Crippen LogP contribution in [0.15, 0.2) is 36.4 Å². The highest BCUT2D eigenvalue weighted by Crippen LogP contribution is 2.37. The number of ether oxygens (including phenoxy) is 1. The molecular formula is C12H15O6P. The Balaban J connectivity index is 2.55. The first-order valence-corrected chi connectivity index (χ1v) is 6.93. The average molecular weight is 286 g/mol. The lowest BCUT2D eigenvalue weighted by Crippen LogP contribution is -2.09. The molecule has 7 heteroatoms. The molecule has 0 heterocycles. The molecule has 1 aromatic carbocycles. The molecule has 0 saturated heterocycles. The van der Waals surface area contributed by atoms with E-state index in [1.54, 1.807) is 6.92 Å². The smallest absolute Gasteiger partial charge is 0.461 e. The number of carbonyl (C=O) groups is 1. The number of rotatable bonds is 6. The molecule has 0 bridgehead atoms. The molecule has 1 rings (SSSR count). The van der Waals surface area contributed by atoms with E-state index in [1.807, 2.05) is 0 Å². The maximum atomic E-state index is 11.4. The van der Waals surface area contributed by atoms with Gasteiger partial charge >= 0.3 is 13.8 Å². The van der Waals surface area contributed by atoms with Gasteiger partial charge in [-0.1, -0.05) is 18.7 Å². The summed E-state index contributed by atoms with van der Waals surface area (Å²) in [6, 6.07) is 5.82. The van der Waals surface area contributed by atoms with Gasteiger partial charge in [-0.05, 0) is 30.2 Å². The number of benzene rings is 1. The van der Waals surface area contributed by atoms with Crippen molar-refractivity contribution in [2.45, 2.75) is 13.3 Å². The molecule has 0 amide bonds. The van der Waals surface area contributed by atoms with E-state index in [1.165, 1.54) is 24.3 Å². The lowest BCUT2D eigenvalue weighted by Gasteiger charge is -2.07. The average Bonchev–Trinajstić information content (AvgIpc) is 2.27. The van der Waals surface area contributed by atoms with E-state index in [0.29, 0.717) is 5.56 Å². The molecule has 0 fully saturated rings. The maximum Gasteiger partial charge on any atom is 0.524 e. The normalized spacial score (nSPS) is 10.9. The Morgan fingerprint density at radius 1 is 1.32 bits per heavy atom. The largest absolute Gasteiger partial charge is 0.524 e. The Hall–Kier alpha value is -1.62. The molecule has 0 atom stereocenters. The van der Waals surface area contributed by atoms with Gasteiger partial charge in [0.2, 0.25) is 0 Å². The Morgan fingerprint density at radius 2 is 1.89 bits per heavy atom. The van der Waals surface area contributed by atoms with E-state index >= 15 is 0 Å². The summed E-state index contributed by atoms with van der Waals surface area (Å²) in [6.45, 7) is 5.54. The van der Waals surface area contributed by atoms with Crippen LogP contribution < -0.4 is 4.52 Å². The Labute approximate surface area is 110 Å². The van der Waals surface area contributed by atoms with Gasteiger partial charge in [-0.2, -0.15) is 0 Å². The molecular weight excluding hydrogens is 271 g/mol. The summed E-state index contributed by atoms with van der Waals surface area (Å²) >= 11 is 0. The van der Waals surface area contributed by atoms with Gasteiger partial charge in [-0.15, -0.1) is 0 Å². The summed E-state index contributed by atoms with van der Waals surface area (Å²) in [4.78, 5) is 28.6. The van der Waals surface area contributed by atoms with Crippen molar-refractivity contribution < 1.29 is 28.4 Å². The van der Waals surface area contributed by atoms with E-state index in [-0.39, 0.29) is 18.8 Å². The van der Waals surface area contributed by atoms with Crippen molar-refractivity contribution in [2.24, 2.45) is 0 Å². The third-order valence-corrected chi connectivity index (χ3v) is 2.42. The third kappa shape index (κ3) is 6.76. The second kappa shape index (κ2) is 6.52. The van der Waals surface area contributed by atoms with Crippen molar-refractivity contribution in [1.29, 1.82) is 0 Å². The van der Waals surface area contributed by atoms with Crippen LogP contribution in [0.2, 0.25) is 0 Å². The summed E-state index contributed by atoms with van der Waals surface area (Å²) in [5, 5.41) is 0. The second-order valence-electron chi connectivity index (χ2n) is 4.02. The summed E-state index contributed by atoms with van der Waals surface area (Å²) in [7, 11) is -4.55. The zero-order chi connectivity index (χ0) is 14.5. The predicted octanol–water partition coefficient (Wildman–Crippen LogP) is 1.82.